The first-order chi connectivity index (χ1) is 12.1. The van der Waals surface area contributed by atoms with Gasteiger partial charge >= 0.3 is 0 Å². The van der Waals surface area contributed by atoms with Crippen LogP contribution in [0.1, 0.15) is 0 Å². The molecule has 0 spiro atoms. The van der Waals surface area contributed by atoms with E-state index in [1.165, 1.54) is 20.3 Å². The molecule has 0 amide bonds. The van der Waals surface area contributed by atoms with Gasteiger partial charge in [-0.15, -0.1) is 0 Å². The maximum absolute atomic E-state index is 12.7. The zero-order valence-corrected chi connectivity index (χ0v) is 14.4. The molecule has 0 radical (unpaired) electrons. The van der Waals surface area contributed by atoms with Crippen molar-refractivity contribution in [1.29, 1.82) is 0 Å². The minimum atomic E-state index is -0.222. The van der Waals surface area contributed by atoms with Gasteiger partial charge in [0, 0.05) is 18.2 Å². The molecular formula is C19H18O6. The van der Waals surface area contributed by atoms with Crippen molar-refractivity contribution in [2.45, 2.75) is 0 Å². The monoisotopic (exact) mass is 342 g/mol. The molecule has 0 aliphatic rings. The van der Waals surface area contributed by atoms with E-state index in [4.69, 9.17) is 23.4 Å². The lowest BCUT2D eigenvalue weighted by molar-refractivity contribution is 0.396. The van der Waals surface area contributed by atoms with Crippen molar-refractivity contribution in [2.24, 2.45) is 0 Å². The minimum absolute atomic E-state index is 0.222. The van der Waals surface area contributed by atoms with E-state index in [1.54, 1.807) is 44.6 Å². The molecule has 0 atom stereocenters. The van der Waals surface area contributed by atoms with Gasteiger partial charge in [-0.25, -0.2) is 0 Å². The van der Waals surface area contributed by atoms with Gasteiger partial charge in [-0.1, -0.05) is 0 Å². The summed E-state index contributed by atoms with van der Waals surface area (Å²) in [6, 6.07) is 9.98. The molecule has 0 N–H and O–H groups in total. The summed E-state index contributed by atoms with van der Waals surface area (Å²) >= 11 is 0. The summed E-state index contributed by atoms with van der Waals surface area (Å²) in [5, 5.41) is 0.355. The van der Waals surface area contributed by atoms with Gasteiger partial charge in [-0.3, -0.25) is 4.79 Å². The van der Waals surface area contributed by atoms with E-state index < -0.39 is 0 Å². The van der Waals surface area contributed by atoms with Gasteiger partial charge in [0.2, 0.25) is 0 Å². The van der Waals surface area contributed by atoms with E-state index in [0.717, 1.165) is 0 Å². The average molecular weight is 342 g/mol. The highest BCUT2D eigenvalue weighted by molar-refractivity contribution is 5.87. The summed E-state index contributed by atoms with van der Waals surface area (Å²) in [7, 11) is 6.15. The van der Waals surface area contributed by atoms with Crippen LogP contribution in [0.5, 0.6) is 23.0 Å². The zero-order valence-electron chi connectivity index (χ0n) is 14.4. The van der Waals surface area contributed by atoms with Gasteiger partial charge in [-0.05, 0) is 18.2 Å². The highest BCUT2D eigenvalue weighted by Crippen LogP contribution is 2.36. The highest BCUT2D eigenvalue weighted by Gasteiger charge is 2.16. The summed E-state index contributed by atoms with van der Waals surface area (Å²) in [6.45, 7) is 0. The van der Waals surface area contributed by atoms with Crippen molar-refractivity contribution in [2.75, 3.05) is 28.4 Å². The minimum Gasteiger partial charge on any atom is -0.497 e. The van der Waals surface area contributed by atoms with Crippen LogP contribution in [0.3, 0.4) is 0 Å². The van der Waals surface area contributed by atoms with Crippen LogP contribution in [-0.2, 0) is 0 Å². The third kappa shape index (κ3) is 2.98. The topological polar surface area (TPSA) is 67.1 Å². The maximum atomic E-state index is 12.7. The third-order valence-corrected chi connectivity index (χ3v) is 3.90. The van der Waals surface area contributed by atoms with Crippen LogP contribution in [0.25, 0.3) is 22.3 Å². The van der Waals surface area contributed by atoms with E-state index in [0.29, 0.717) is 45.3 Å². The molecule has 0 aliphatic carbocycles. The largest absolute Gasteiger partial charge is 0.497 e. The van der Waals surface area contributed by atoms with E-state index in [9.17, 15) is 4.79 Å². The van der Waals surface area contributed by atoms with Crippen molar-refractivity contribution >= 4 is 11.0 Å². The van der Waals surface area contributed by atoms with Crippen molar-refractivity contribution in [1.82, 2.24) is 0 Å². The first-order valence-corrected chi connectivity index (χ1v) is 7.53. The Morgan fingerprint density at radius 2 is 1.48 bits per heavy atom. The molecule has 0 saturated heterocycles. The molecule has 3 rings (SSSR count). The molecule has 1 aromatic heterocycles. The maximum Gasteiger partial charge on any atom is 0.197 e. The van der Waals surface area contributed by atoms with E-state index in [-0.39, 0.29) is 5.43 Å². The number of fused-ring (bicyclic) bond motifs is 1. The van der Waals surface area contributed by atoms with Crippen molar-refractivity contribution in [3.05, 3.63) is 46.6 Å². The second kappa shape index (κ2) is 6.76. The van der Waals surface area contributed by atoms with E-state index in [1.807, 2.05) is 0 Å². The molecule has 6 heteroatoms. The normalized spacial score (nSPS) is 10.6. The lowest BCUT2D eigenvalue weighted by Gasteiger charge is -2.12. The number of ether oxygens (including phenoxy) is 4. The summed E-state index contributed by atoms with van der Waals surface area (Å²) in [5.41, 5.74) is 0.756. The Morgan fingerprint density at radius 1 is 0.760 bits per heavy atom. The van der Waals surface area contributed by atoms with Crippen LogP contribution in [0.2, 0.25) is 0 Å². The predicted octanol–water partition coefficient (Wildman–Crippen LogP) is 3.49. The SMILES string of the molecule is COc1ccc(OC)c(-c2cc(=O)c3c(OC)cc(OC)cc3o2)c1. The van der Waals surface area contributed by atoms with Gasteiger partial charge in [-0.2, -0.15) is 0 Å². The standard InChI is InChI=1S/C19H18O6/c1-21-11-5-6-15(23-3)13(7-11)16-10-14(20)19-17(24-4)8-12(22-2)9-18(19)25-16/h5-10H,1-4H3. The Balaban J connectivity index is 2.30. The third-order valence-electron chi connectivity index (χ3n) is 3.90. The van der Waals surface area contributed by atoms with Crippen LogP contribution < -0.4 is 24.4 Å². The molecule has 0 saturated carbocycles. The van der Waals surface area contributed by atoms with Gasteiger partial charge in [0.25, 0.3) is 0 Å². The molecule has 3 aromatic rings. The van der Waals surface area contributed by atoms with Crippen LogP contribution in [0.4, 0.5) is 0 Å². The van der Waals surface area contributed by atoms with Gasteiger partial charge in [0.1, 0.15) is 39.7 Å². The number of methoxy groups -OCH3 is 4. The summed E-state index contributed by atoms with van der Waals surface area (Å²) < 4.78 is 27.1. The molecule has 2 aromatic carbocycles. The Kier molecular flexibility index (Phi) is 4.52. The Bertz CT molecular complexity index is 974. The Morgan fingerprint density at radius 3 is 2.12 bits per heavy atom. The first kappa shape index (κ1) is 16.7. The Labute approximate surface area is 144 Å². The fourth-order valence-electron chi connectivity index (χ4n) is 2.65. The average Bonchev–Trinajstić information content (AvgIpc) is 2.66. The second-order valence-electron chi connectivity index (χ2n) is 5.24. The second-order valence-corrected chi connectivity index (χ2v) is 5.24. The first-order valence-electron chi connectivity index (χ1n) is 7.53. The molecule has 130 valence electrons. The highest BCUT2D eigenvalue weighted by atomic mass is 16.5. The molecule has 0 aliphatic heterocycles. The summed E-state index contributed by atoms with van der Waals surface area (Å²) in [6.07, 6.45) is 0. The van der Waals surface area contributed by atoms with Crippen LogP contribution in [0, 0.1) is 0 Å². The zero-order chi connectivity index (χ0) is 18.0. The quantitative estimate of drug-likeness (QED) is 0.707. The molecule has 0 fully saturated rings. The number of rotatable bonds is 5. The molecule has 0 bridgehead atoms. The fourth-order valence-corrected chi connectivity index (χ4v) is 2.65. The predicted molar refractivity (Wildman–Crippen MR) is 94.1 cm³/mol. The Hall–Kier alpha value is -3.15. The summed E-state index contributed by atoms with van der Waals surface area (Å²) in [4.78, 5) is 12.7. The number of hydrogen-bond donors (Lipinski definition) is 0. The fraction of sp³-hybridized carbons (Fsp3) is 0.211. The van der Waals surface area contributed by atoms with Crippen LogP contribution in [0.15, 0.2) is 45.6 Å². The lowest BCUT2D eigenvalue weighted by atomic mass is 10.1. The molecule has 0 unspecified atom stereocenters. The van der Waals surface area contributed by atoms with Gasteiger partial charge < -0.3 is 23.4 Å². The number of hydrogen-bond acceptors (Lipinski definition) is 6. The van der Waals surface area contributed by atoms with Crippen LogP contribution in [-0.4, -0.2) is 28.4 Å². The number of benzene rings is 2. The van der Waals surface area contributed by atoms with Crippen LogP contribution >= 0.6 is 0 Å². The molecule has 25 heavy (non-hydrogen) atoms. The smallest absolute Gasteiger partial charge is 0.197 e. The van der Waals surface area contributed by atoms with Crippen molar-refractivity contribution < 1.29 is 23.4 Å². The molecule has 6 nitrogen and oxygen atoms in total. The lowest BCUT2D eigenvalue weighted by Crippen LogP contribution is -2.03. The molecule has 1 heterocycles. The molecular weight excluding hydrogens is 324 g/mol. The van der Waals surface area contributed by atoms with Crippen molar-refractivity contribution in [3.63, 3.8) is 0 Å². The van der Waals surface area contributed by atoms with Gasteiger partial charge in [0.05, 0.1) is 34.0 Å². The van der Waals surface area contributed by atoms with Gasteiger partial charge in [0.15, 0.2) is 5.43 Å². The van der Waals surface area contributed by atoms with E-state index >= 15 is 0 Å². The van der Waals surface area contributed by atoms with E-state index in [2.05, 4.69) is 0 Å². The summed E-state index contributed by atoms with van der Waals surface area (Å²) in [5.74, 6) is 2.48. The van der Waals surface area contributed by atoms with Crippen molar-refractivity contribution in [3.8, 4) is 34.3 Å².